The van der Waals surface area contributed by atoms with Gasteiger partial charge in [-0.15, -0.1) is 0 Å². The molecule has 5 nitrogen and oxygen atoms in total. The second-order valence-electron chi connectivity index (χ2n) is 6.11. The van der Waals surface area contributed by atoms with Crippen LogP contribution in [-0.2, 0) is 6.42 Å². The molecule has 1 heterocycles. The van der Waals surface area contributed by atoms with Gasteiger partial charge in [-0.1, -0.05) is 54.6 Å². The van der Waals surface area contributed by atoms with E-state index in [1.807, 2.05) is 60.7 Å². The third kappa shape index (κ3) is 2.58. The topological polar surface area (TPSA) is 61.6 Å². The van der Waals surface area contributed by atoms with E-state index >= 15 is 0 Å². The van der Waals surface area contributed by atoms with E-state index in [4.69, 9.17) is 9.47 Å². The molecule has 0 bridgehead atoms. The highest BCUT2D eigenvalue weighted by Crippen LogP contribution is 2.43. The fraction of sp³-hybridized carbons (Fsp3) is 0.200. The Kier molecular flexibility index (Phi) is 3.76. The van der Waals surface area contributed by atoms with Gasteiger partial charge in [0.1, 0.15) is 0 Å². The van der Waals surface area contributed by atoms with Crippen molar-refractivity contribution in [1.82, 2.24) is 0 Å². The quantitative estimate of drug-likeness (QED) is 0.532. The lowest BCUT2D eigenvalue weighted by molar-refractivity contribution is -0.535. The van der Waals surface area contributed by atoms with Crippen molar-refractivity contribution in [2.24, 2.45) is 0 Å². The van der Waals surface area contributed by atoms with Crippen molar-refractivity contribution in [1.29, 1.82) is 0 Å². The predicted octanol–water partition coefficient (Wildman–Crippen LogP) is 4.17. The van der Waals surface area contributed by atoms with E-state index in [9.17, 15) is 10.1 Å². The average Bonchev–Trinajstić information content (AvgIpc) is 2.66. The van der Waals surface area contributed by atoms with Crippen molar-refractivity contribution < 1.29 is 14.4 Å². The van der Waals surface area contributed by atoms with Crippen LogP contribution in [-0.4, -0.2) is 18.1 Å². The van der Waals surface area contributed by atoms with Gasteiger partial charge in [0.15, 0.2) is 17.6 Å². The zero-order chi connectivity index (χ0) is 17.4. The van der Waals surface area contributed by atoms with Crippen molar-refractivity contribution in [3.63, 3.8) is 0 Å². The Morgan fingerprint density at radius 2 is 1.84 bits per heavy atom. The number of nitrogens with zero attached hydrogens (tertiary/aromatic N) is 1. The molecule has 0 saturated heterocycles. The molecule has 0 amide bonds. The molecule has 3 aromatic carbocycles. The molecule has 0 unspecified atom stereocenters. The van der Waals surface area contributed by atoms with Gasteiger partial charge in [0.25, 0.3) is 6.04 Å². The van der Waals surface area contributed by atoms with E-state index in [1.54, 1.807) is 7.11 Å². The first-order valence-corrected chi connectivity index (χ1v) is 8.12. The molecule has 0 aliphatic carbocycles. The highest BCUT2D eigenvalue weighted by atomic mass is 16.6. The maximum atomic E-state index is 11.7. The highest BCUT2D eigenvalue weighted by molar-refractivity contribution is 5.86. The largest absolute Gasteiger partial charge is 0.493 e. The number of methoxy groups -OCH3 is 1. The first kappa shape index (κ1) is 15.4. The van der Waals surface area contributed by atoms with Gasteiger partial charge < -0.3 is 9.47 Å². The summed E-state index contributed by atoms with van der Waals surface area (Å²) in [6, 6.07) is 18.3. The number of fused-ring (bicyclic) bond motifs is 2. The Morgan fingerprint density at radius 3 is 2.64 bits per heavy atom. The van der Waals surface area contributed by atoms with Gasteiger partial charge in [-0.3, -0.25) is 10.1 Å². The minimum absolute atomic E-state index is 0.241. The van der Waals surface area contributed by atoms with E-state index in [1.165, 1.54) is 0 Å². The van der Waals surface area contributed by atoms with E-state index < -0.39 is 12.1 Å². The molecule has 25 heavy (non-hydrogen) atoms. The molecule has 1 aliphatic heterocycles. The summed E-state index contributed by atoms with van der Waals surface area (Å²) in [7, 11) is 1.57. The molecule has 3 aromatic rings. The van der Waals surface area contributed by atoms with E-state index in [0.29, 0.717) is 17.9 Å². The van der Waals surface area contributed by atoms with Crippen LogP contribution >= 0.6 is 0 Å². The number of para-hydroxylation sites is 1. The van der Waals surface area contributed by atoms with Crippen molar-refractivity contribution in [3.05, 3.63) is 81.9 Å². The number of ether oxygens (including phenoxy) is 2. The van der Waals surface area contributed by atoms with Crippen LogP contribution in [0.15, 0.2) is 60.7 Å². The molecule has 0 N–H and O–H groups in total. The minimum Gasteiger partial charge on any atom is -0.493 e. The summed E-state index contributed by atoms with van der Waals surface area (Å²) in [6.45, 7) is 0. The Bertz CT molecular complexity index is 948. The Hall–Kier alpha value is -3.08. The van der Waals surface area contributed by atoms with Crippen LogP contribution in [0.25, 0.3) is 10.8 Å². The zero-order valence-electron chi connectivity index (χ0n) is 13.7. The molecule has 1 aliphatic rings. The molecule has 0 radical (unpaired) electrons. The van der Waals surface area contributed by atoms with Crippen molar-refractivity contribution in [3.8, 4) is 11.5 Å². The van der Waals surface area contributed by atoms with Crippen LogP contribution in [0.4, 0.5) is 0 Å². The Morgan fingerprint density at radius 1 is 1.08 bits per heavy atom. The molecule has 0 aromatic heterocycles. The van der Waals surface area contributed by atoms with Crippen molar-refractivity contribution in [2.45, 2.75) is 18.6 Å². The van der Waals surface area contributed by atoms with Crippen LogP contribution < -0.4 is 9.47 Å². The number of benzene rings is 3. The fourth-order valence-electron chi connectivity index (χ4n) is 3.51. The number of rotatable bonds is 3. The van der Waals surface area contributed by atoms with Crippen LogP contribution in [0.2, 0.25) is 0 Å². The van der Waals surface area contributed by atoms with Crippen LogP contribution in [0, 0.1) is 10.1 Å². The third-order valence-corrected chi connectivity index (χ3v) is 4.70. The van der Waals surface area contributed by atoms with Crippen LogP contribution in [0.5, 0.6) is 11.5 Å². The summed E-state index contributed by atoms with van der Waals surface area (Å²) < 4.78 is 11.5. The SMILES string of the molecule is COc1cccc2c1O[C@@H](c1cccc3ccccc13)[C@H]([N+](=O)[O-])C2. The van der Waals surface area contributed by atoms with Crippen molar-refractivity contribution >= 4 is 10.8 Å². The van der Waals surface area contributed by atoms with Gasteiger partial charge in [-0.05, 0) is 16.8 Å². The first-order valence-electron chi connectivity index (χ1n) is 8.12. The van der Waals surface area contributed by atoms with Gasteiger partial charge in [0.05, 0.1) is 7.11 Å². The van der Waals surface area contributed by atoms with Crippen molar-refractivity contribution in [2.75, 3.05) is 7.11 Å². The second kappa shape index (κ2) is 6.09. The van der Waals surface area contributed by atoms with E-state index in [-0.39, 0.29) is 4.92 Å². The summed E-state index contributed by atoms with van der Waals surface area (Å²) >= 11 is 0. The molecule has 5 heteroatoms. The lowest BCUT2D eigenvalue weighted by Gasteiger charge is -2.30. The molecule has 4 rings (SSSR count). The third-order valence-electron chi connectivity index (χ3n) is 4.70. The predicted molar refractivity (Wildman–Crippen MR) is 94.8 cm³/mol. The van der Waals surface area contributed by atoms with Gasteiger partial charge in [-0.2, -0.15) is 0 Å². The van der Waals surface area contributed by atoms with Gasteiger partial charge in [0, 0.05) is 22.5 Å². The smallest absolute Gasteiger partial charge is 0.257 e. The fourth-order valence-corrected chi connectivity index (χ4v) is 3.51. The summed E-state index contributed by atoms with van der Waals surface area (Å²) in [5.41, 5.74) is 1.63. The highest BCUT2D eigenvalue weighted by Gasteiger charge is 2.41. The number of hydrogen-bond acceptors (Lipinski definition) is 4. The standard InChI is InChI=1S/C20H17NO4/c1-24-18-11-5-8-14-12-17(21(22)23)20(25-19(14)18)16-10-4-7-13-6-2-3-9-15(13)16/h2-11,17,20H,12H2,1H3/t17-,20+/m1/s1. The summed E-state index contributed by atoms with van der Waals surface area (Å²) in [6.07, 6.45) is -0.349. The molecular weight excluding hydrogens is 318 g/mol. The summed E-state index contributed by atoms with van der Waals surface area (Å²) in [4.78, 5) is 11.5. The molecule has 2 atom stereocenters. The molecule has 126 valence electrons. The lowest BCUT2D eigenvalue weighted by Crippen LogP contribution is -2.36. The monoisotopic (exact) mass is 335 g/mol. The Balaban J connectivity index is 1.88. The van der Waals surface area contributed by atoms with Crippen LogP contribution in [0.1, 0.15) is 17.2 Å². The lowest BCUT2D eigenvalue weighted by atomic mass is 9.90. The number of nitro groups is 1. The molecular formula is C20H17NO4. The maximum Gasteiger partial charge on any atom is 0.257 e. The van der Waals surface area contributed by atoms with Gasteiger partial charge in [0.2, 0.25) is 0 Å². The van der Waals surface area contributed by atoms with E-state index in [2.05, 4.69) is 0 Å². The molecule has 0 fully saturated rings. The average molecular weight is 335 g/mol. The molecule has 0 spiro atoms. The first-order chi connectivity index (χ1) is 12.2. The Labute approximate surface area is 145 Å². The van der Waals surface area contributed by atoms with Gasteiger partial charge >= 0.3 is 0 Å². The summed E-state index contributed by atoms with van der Waals surface area (Å²) in [5.74, 6) is 1.20. The van der Waals surface area contributed by atoms with Gasteiger partial charge in [-0.25, -0.2) is 0 Å². The van der Waals surface area contributed by atoms with E-state index in [0.717, 1.165) is 21.9 Å². The summed E-state index contributed by atoms with van der Waals surface area (Å²) in [5, 5.41) is 13.7. The zero-order valence-corrected chi connectivity index (χ0v) is 13.7. The molecule has 0 saturated carbocycles. The maximum absolute atomic E-state index is 11.7. The normalized spacial score (nSPS) is 19.1. The number of hydrogen-bond donors (Lipinski definition) is 0. The second-order valence-corrected chi connectivity index (χ2v) is 6.11. The van der Waals surface area contributed by atoms with Crippen LogP contribution in [0.3, 0.4) is 0 Å². The minimum atomic E-state index is -0.842.